The van der Waals surface area contributed by atoms with Gasteiger partial charge in [0.2, 0.25) is 0 Å². The van der Waals surface area contributed by atoms with E-state index >= 15 is 0 Å². The molecule has 2 aromatic carbocycles. The molecule has 7 nitrogen and oxygen atoms in total. The Hall–Kier alpha value is -2.03. The topological polar surface area (TPSA) is 82.5 Å². The first-order valence-electron chi connectivity index (χ1n) is 12.1. The minimum atomic E-state index is -0.711. The SMILES string of the molecule is O=C(c1cc(Cl)ccc1OC[C@H](O)CN1CCC2(CC1)Cc1cc(Cl)ccc1O2)N1CC[C@H](O)C1. The second-order valence-corrected chi connectivity index (χ2v) is 10.7. The third-order valence-corrected chi connectivity index (χ3v) is 7.62. The van der Waals surface area contributed by atoms with E-state index in [9.17, 15) is 15.0 Å². The maximum Gasteiger partial charge on any atom is 0.257 e. The minimum Gasteiger partial charge on any atom is -0.490 e. The van der Waals surface area contributed by atoms with E-state index in [1.165, 1.54) is 0 Å². The van der Waals surface area contributed by atoms with Crippen LogP contribution in [0.15, 0.2) is 36.4 Å². The van der Waals surface area contributed by atoms with Gasteiger partial charge in [-0.25, -0.2) is 0 Å². The van der Waals surface area contributed by atoms with Crippen LogP contribution in [-0.4, -0.2) is 83.1 Å². The minimum absolute atomic E-state index is 0.0621. The van der Waals surface area contributed by atoms with Gasteiger partial charge in [0.25, 0.3) is 5.91 Å². The fourth-order valence-electron chi connectivity index (χ4n) is 5.25. The number of piperidine rings is 1. The summed E-state index contributed by atoms with van der Waals surface area (Å²) in [4.78, 5) is 16.8. The number of hydrogen-bond donors (Lipinski definition) is 2. The van der Waals surface area contributed by atoms with Crippen LogP contribution in [0.5, 0.6) is 11.5 Å². The van der Waals surface area contributed by atoms with Crippen LogP contribution >= 0.6 is 23.2 Å². The lowest BCUT2D eigenvalue weighted by Gasteiger charge is -2.39. The monoisotopic (exact) mass is 520 g/mol. The smallest absolute Gasteiger partial charge is 0.257 e. The molecule has 0 aliphatic carbocycles. The average Bonchev–Trinajstić information content (AvgIpc) is 3.42. The number of ether oxygens (including phenoxy) is 2. The molecule has 0 radical (unpaired) electrons. The van der Waals surface area contributed by atoms with Gasteiger partial charge in [-0.05, 0) is 48.4 Å². The van der Waals surface area contributed by atoms with Crippen LogP contribution in [0.2, 0.25) is 10.0 Å². The highest BCUT2D eigenvalue weighted by Gasteiger charge is 2.42. The molecule has 35 heavy (non-hydrogen) atoms. The number of carbonyl (C=O) groups excluding carboxylic acids is 1. The van der Waals surface area contributed by atoms with Gasteiger partial charge in [-0.15, -0.1) is 0 Å². The van der Waals surface area contributed by atoms with Crippen molar-refractivity contribution in [3.8, 4) is 11.5 Å². The quantitative estimate of drug-likeness (QED) is 0.607. The lowest BCUT2D eigenvalue weighted by molar-refractivity contribution is -0.00201. The van der Waals surface area contributed by atoms with Gasteiger partial charge in [0.05, 0.1) is 11.7 Å². The van der Waals surface area contributed by atoms with Crippen molar-refractivity contribution in [1.29, 1.82) is 0 Å². The fraction of sp³-hybridized carbons (Fsp3) is 0.500. The Bertz CT molecular complexity index is 1090. The van der Waals surface area contributed by atoms with Crippen molar-refractivity contribution in [1.82, 2.24) is 9.80 Å². The second kappa shape index (κ2) is 10.1. The predicted octanol–water partition coefficient (Wildman–Crippen LogP) is 3.41. The number of fused-ring (bicyclic) bond motifs is 1. The van der Waals surface area contributed by atoms with Crippen LogP contribution in [0.4, 0.5) is 0 Å². The second-order valence-electron chi connectivity index (χ2n) is 9.81. The number of amides is 1. The maximum atomic E-state index is 12.9. The van der Waals surface area contributed by atoms with E-state index in [0.717, 1.165) is 48.7 Å². The Morgan fingerprint density at radius 3 is 2.63 bits per heavy atom. The van der Waals surface area contributed by atoms with Gasteiger partial charge in [0.15, 0.2) is 0 Å². The van der Waals surface area contributed by atoms with E-state index in [2.05, 4.69) is 4.90 Å². The van der Waals surface area contributed by atoms with Crippen molar-refractivity contribution in [3.05, 3.63) is 57.6 Å². The number of likely N-dealkylation sites (tertiary alicyclic amines) is 2. The molecule has 0 unspecified atom stereocenters. The van der Waals surface area contributed by atoms with Gasteiger partial charge in [0, 0.05) is 62.0 Å². The summed E-state index contributed by atoms with van der Waals surface area (Å²) in [5, 5.41) is 21.6. The summed E-state index contributed by atoms with van der Waals surface area (Å²) in [5.41, 5.74) is 1.32. The zero-order chi connectivity index (χ0) is 24.6. The standard InChI is InChI=1S/C26H30Cl2N2O5/c27-18-1-3-23-17(11-18)13-26(35-23)6-9-29(10-7-26)14-21(32)16-34-24-4-2-19(28)12-22(24)25(33)30-8-5-20(31)15-30/h1-4,11-12,20-21,31-32H,5-10,13-16H2/t20-,21+/m0/s1. The molecular weight excluding hydrogens is 491 g/mol. The number of rotatable bonds is 6. The van der Waals surface area contributed by atoms with Crippen molar-refractivity contribution < 1.29 is 24.5 Å². The molecule has 2 N–H and O–H groups in total. The number of hydrogen-bond acceptors (Lipinski definition) is 6. The van der Waals surface area contributed by atoms with Crippen molar-refractivity contribution in [2.24, 2.45) is 0 Å². The van der Waals surface area contributed by atoms with E-state index < -0.39 is 12.2 Å². The number of carbonyl (C=O) groups is 1. The summed E-state index contributed by atoms with van der Waals surface area (Å²) < 4.78 is 12.2. The highest BCUT2D eigenvalue weighted by atomic mass is 35.5. The molecule has 9 heteroatoms. The molecule has 1 amide bonds. The summed E-state index contributed by atoms with van der Waals surface area (Å²) >= 11 is 12.3. The summed E-state index contributed by atoms with van der Waals surface area (Å²) in [6.45, 7) is 2.97. The Kier molecular flexibility index (Phi) is 7.15. The molecule has 3 aliphatic rings. The zero-order valence-electron chi connectivity index (χ0n) is 19.5. The molecule has 3 aliphatic heterocycles. The molecule has 0 bridgehead atoms. The van der Waals surface area contributed by atoms with Gasteiger partial charge >= 0.3 is 0 Å². The number of halogens is 2. The van der Waals surface area contributed by atoms with E-state index in [0.29, 0.717) is 42.4 Å². The van der Waals surface area contributed by atoms with E-state index in [1.807, 2.05) is 18.2 Å². The molecule has 1 spiro atoms. The third kappa shape index (κ3) is 5.54. The third-order valence-electron chi connectivity index (χ3n) is 7.15. The summed E-state index contributed by atoms with van der Waals surface area (Å²) in [5.74, 6) is 1.08. The average molecular weight is 521 g/mol. The summed E-state index contributed by atoms with van der Waals surface area (Å²) in [6.07, 6.45) is 1.97. The first kappa shape index (κ1) is 24.7. The van der Waals surface area contributed by atoms with Crippen LogP contribution < -0.4 is 9.47 Å². The van der Waals surface area contributed by atoms with Crippen LogP contribution in [0.25, 0.3) is 0 Å². The largest absolute Gasteiger partial charge is 0.490 e. The normalized spacial score (nSPS) is 22.2. The van der Waals surface area contributed by atoms with Crippen molar-refractivity contribution in [2.75, 3.05) is 39.3 Å². The highest BCUT2D eigenvalue weighted by molar-refractivity contribution is 6.31. The fourth-order valence-corrected chi connectivity index (χ4v) is 5.62. The Labute approximate surface area is 215 Å². The van der Waals surface area contributed by atoms with Gasteiger partial charge in [0.1, 0.15) is 29.8 Å². The van der Waals surface area contributed by atoms with E-state index in [1.54, 1.807) is 23.1 Å². The molecule has 2 aromatic rings. The van der Waals surface area contributed by atoms with Gasteiger partial charge in [-0.3, -0.25) is 4.79 Å². The van der Waals surface area contributed by atoms with E-state index in [-0.39, 0.29) is 18.1 Å². The van der Waals surface area contributed by atoms with Crippen LogP contribution in [0.1, 0.15) is 35.2 Å². The predicted molar refractivity (Wildman–Crippen MR) is 134 cm³/mol. The number of β-amino-alcohol motifs (C(OH)–C–C–N with tert-alkyl or cyclic N) is 2. The first-order valence-corrected chi connectivity index (χ1v) is 12.8. The van der Waals surface area contributed by atoms with Gasteiger partial charge in [-0.2, -0.15) is 0 Å². The zero-order valence-corrected chi connectivity index (χ0v) is 21.0. The Morgan fingerprint density at radius 2 is 1.89 bits per heavy atom. The molecule has 3 heterocycles. The van der Waals surface area contributed by atoms with Gasteiger partial charge in [-0.1, -0.05) is 23.2 Å². The van der Waals surface area contributed by atoms with Crippen molar-refractivity contribution >= 4 is 29.1 Å². The molecular formula is C26H30Cl2N2O5. The highest BCUT2D eigenvalue weighted by Crippen LogP contribution is 2.42. The number of aliphatic hydroxyl groups excluding tert-OH is 2. The maximum absolute atomic E-state index is 12.9. The number of aliphatic hydroxyl groups is 2. The van der Waals surface area contributed by atoms with Crippen LogP contribution in [0, 0.1) is 0 Å². The molecule has 0 saturated carbocycles. The van der Waals surface area contributed by atoms with E-state index in [4.69, 9.17) is 32.7 Å². The Morgan fingerprint density at radius 1 is 1.14 bits per heavy atom. The first-order chi connectivity index (χ1) is 16.8. The van der Waals surface area contributed by atoms with Crippen LogP contribution in [-0.2, 0) is 6.42 Å². The lowest BCUT2D eigenvalue weighted by Crippen LogP contribution is -2.49. The van der Waals surface area contributed by atoms with Gasteiger partial charge < -0.3 is 29.5 Å². The van der Waals surface area contributed by atoms with Crippen molar-refractivity contribution in [2.45, 2.75) is 43.5 Å². The molecule has 0 aromatic heterocycles. The molecule has 2 fully saturated rings. The molecule has 5 rings (SSSR count). The summed E-state index contributed by atoms with van der Waals surface area (Å²) in [7, 11) is 0. The molecule has 2 saturated heterocycles. The molecule has 188 valence electrons. The number of nitrogens with zero attached hydrogens (tertiary/aromatic N) is 2. The van der Waals surface area contributed by atoms with Crippen LogP contribution in [0.3, 0.4) is 0 Å². The summed E-state index contributed by atoms with van der Waals surface area (Å²) in [6, 6.07) is 10.7. The Balaban J connectivity index is 1.13. The van der Waals surface area contributed by atoms with Crippen molar-refractivity contribution in [3.63, 3.8) is 0 Å². The number of benzene rings is 2. The molecule has 2 atom stereocenters. The lowest BCUT2D eigenvalue weighted by atomic mass is 9.87.